The summed E-state index contributed by atoms with van der Waals surface area (Å²) >= 11 is 2.29. The average molecular weight is 381 g/mol. The van der Waals surface area contributed by atoms with Gasteiger partial charge in [-0.3, -0.25) is 0 Å². The van der Waals surface area contributed by atoms with E-state index in [2.05, 4.69) is 66.0 Å². The Morgan fingerprint density at radius 1 is 1.15 bits per heavy atom. The minimum Gasteiger partial charge on any atom is -0.457 e. The van der Waals surface area contributed by atoms with Gasteiger partial charge in [0.2, 0.25) is 0 Å². The van der Waals surface area contributed by atoms with Crippen LogP contribution in [0.25, 0.3) is 0 Å². The molecule has 0 saturated carbocycles. The van der Waals surface area contributed by atoms with Crippen molar-refractivity contribution in [2.75, 3.05) is 6.54 Å². The lowest BCUT2D eigenvalue weighted by atomic mass is 10.1. The van der Waals surface area contributed by atoms with Crippen LogP contribution in [0.15, 0.2) is 42.5 Å². The molecule has 3 heteroatoms. The number of aryl methyl sites for hydroxylation is 1. The summed E-state index contributed by atoms with van der Waals surface area (Å²) in [7, 11) is 0. The van der Waals surface area contributed by atoms with Gasteiger partial charge in [-0.15, -0.1) is 0 Å². The van der Waals surface area contributed by atoms with Gasteiger partial charge in [0, 0.05) is 10.1 Å². The minimum absolute atomic E-state index is 0.886. The van der Waals surface area contributed by atoms with E-state index in [0.29, 0.717) is 0 Å². The first-order valence-electron chi connectivity index (χ1n) is 6.92. The second kappa shape index (κ2) is 7.64. The number of hydrogen-bond donors (Lipinski definition) is 1. The zero-order valence-corrected chi connectivity index (χ0v) is 14.1. The minimum atomic E-state index is 0.886. The van der Waals surface area contributed by atoms with Crippen molar-refractivity contribution >= 4 is 22.6 Å². The first kappa shape index (κ1) is 15.3. The molecule has 106 valence electrons. The van der Waals surface area contributed by atoms with Gasteiger partial charge in [0.1, 0.15) is 11.5 Å². The zero-order valence-electron chi connectivity index (χ0n) is 11.9. The third-order valence-electron chi connectivity index (χ3n) is 3.02. The molecule has 0 fully saturated rings. The van der Waals surface area contributed by atoms with Gasteiger partial charge < -0.3 is 10.1 Å². The maximum Gasteiger partial charge on any atom is 0.130 e. The molecule has 2 aromatic carbocycles. The van der Waals surface area contributed by atoms with Gasteiger partial charge in [0.05, 0.1) is 0 Å². The van der Waals surface area contributed by atoms with Crippen molar-refractivity contribution < 1.29 is 4.74 Å². The highest BCUT2D eigenvalue weighted by molar-refractivity contribution is 14.1. The van der Waals surface area contributed by atoms with Crippen LogP contribution in [-0.2, 0) is 6.54 Å². The Morgan fingerprint density at radius 2 is 2.00 bits per heavy atom. The Labute approximate surface area is 134 Å². The monoisotopic (exact) mass is 381 g/mol. The summed E-state index contributed by atoms with van der Waals surface area (Å²) in [6.07, 6.45) is 1.16. The van der Waals surface area contributed by atoms with E-state index >= 15 is 0 Å². The molecular formula is C17H20INO. The molecule has 2 aromatic rings. The molecular weight excluding hydrogens is 361 g/mol. The van der Waals surface area contributed by atoms with Crippen LogP contribution in [0, 0.1) is 10.5 Å². The van der Waals surface area contributed by atoms with E-state index in [1.165, 1.54) is 14.7 Å². The van der Waals surface area contributed by atoms with Gasteiger partial charge in [-0.05, 0) is 77.9 Å². The number of rotatable bonds is 6. The maximum absolute atomic E-state index is 5.95. The highest BCUT2D eigenvalue weighted by atomic mass is 127. The third kappa shape index (κ3) is 4.49. The Bertz CT molecular complexity index is 569. The molecule has 0 aliphatic rings. The molecule has 0 aliphatic carbocycles. The molecule has 0 atom stereocenters. The van der Waals surface area contributed by atoms with E-state index in [1.54, 1.807) is 0 Å². The summed E-state index contributed by atoms with van der Waals surface area (Å²) in [5, 5.41) is 3.41. The summed E-state index contributed by atoms with van der Waals surface area (Å²) in [6, 6.07) is 14.5. The molecule has 0 radical (unpaired) electrons. The van der Waals surface area contributed by atoms with E-state index in [4.69, 9.17) is 4.74 Å². The molecule has 0 unspecified atom stereocenters. The van der Waals surface area contributed by atoms with Crippen LogP contribution in [0.5, 0.6) is 11.5 Å². The second-order valence-electron chi connectivity index (χ2n) is 4.84. The molecule has 0 saturated heterocycles. The Balaban J connectivity index is 2.06. The quantitative estimate of drug-likeness (QED) is 0.568. The first-order chi connectivity index (χ1) is 9.69. The third-order valence-corrected chi connectivity index (χ3v) is 3.69. The molecule has 2 rings (SSSR count). The van der Waals surface area contributed by atoms with Gasteiger partial charge in [0.25, 0.3) is 0 Å². The largest absolute Gasteiger partial charge is 0.457 e. The molecule has 0 amide bonds. The second-order valence-corrected chi connectivity index (χ2v) is 6.08. The number of ether oxygens (including phenoxy) is 1. The lowest BCUT2D eigenvalue weighted by Gasteiger charge is -2.11. The molecule has 20 heavy (non-hydrogen) atoms. The van der Waals surface area contributed by atoms with Crippen molar-refractivity contribution in [1.29, 1.82) is 0 Å². The lowest BCUT2D eigenvalue weighted by molar-refractivity contribution is 0.478. The molecule has 2 nitrogen and oxygen atoms in total. The highest BCUT2D eigenvalue weighted by Gasteiger charge is 2.03. The van der Waals surface area contributed by atoms with E-state index in [9.17, 15) is 0 Å². The lowest BCUT2D eigenvalue weighted by Crippen LogP contribution is -2.13. The molecule has 0 bridgehead atoms. The fourth-order valence-electron chi connectivity index (χ4n) is 2.00. The summed E-state index contributed by atoms with van der Waals surface area (Å²) in [4.78, 5) is 0. The fraction of sp³-hybridized carbons (Fsp3) is 0.294. The van der Waals surface area contributed by atoms with Gasteiger partial charge in [-0.1, -0.05) is 25.1 Å². The molecule has 0 heterocycles. The normalized spacial score (nSPS) is 10.6. The Hall–Kier alpha value is -1.07. The topological polar surface area (TPSA) is 21.3 Å². The van der Waals surface area contributed by atoms with Crippen molar-refractivity contribution in [3.05, 3.63) is 57.2 Å². The van der Waals surface area contributed by atoms with E-state index in [1.807, 2.05) is 18.2 Å². The molecule has 0 spiro atoms. The average Bonchev–Trinajstić information content (AvgIpc) is 2.42. The van der Waals surface area contributed by atoms with Crippen LogP contribution >= 0.6 is 22.6 Å². The van der Waals surface area contributed by atoms with E-state index in [-0.39, 0.29) is 0 Å². The van der Waals surface area contributed by atoms with Crippen molar-refractivity contribution in [2.24, 2.45) is 0 Å². The summed E-state index contributed by atoms with van der Waals surface area (Å²) < 4.78 is 7.12. The van der Waals surface area contributed by atoms with Crippen LogP contribution in [0.3, 0.4) is 0 Å². The number of hydrogen-bond acceptors (Lipinski definition) is 2. The maximum atomic E-state index is 5.95. The summed E-state index contributed by atoms with van der Waals surface area (Å²) in [6.45, 7) is 6.24. The van der Waals surface area contributed by atoms with Crippen molar-refractivity contribution in [2.45, 2.75) is 26.8 Å². The van der Waals surface area contributed by atoms with Crippen LogP contribution in [0.2, 0.25) is 0 Å². The standard InChI is InChI=1S/C17H20INO/c1-3-9-19-12-14-7-8-17(13(2)10-14)20-16-6-4-5-15(18)11-16/h4-8,10-11,19H,3,9,12H2,1-2H3. The molecule has 1 N–H and O–H groups in total. The summed E-state index contributed by atoms with van der Waals surface area (Å²) in [5.74, 6) is 1.81. The summed E-state index contributed by atoms with van der Waals surface area (Å²) in [5.41, 5.74) is 2.46. The predicted molar refractivity (Wildman–Crippen MR) is 92.4 cm³/mol. The van der Waals surface area contributed by atoms with E-state index < -0.39 is 0 Å². The van der Waals surface area contributed by atoms with Crippen LogP contribution in [0.1, 0.15) is 24.5 Å². The molecule has 0 aliphatic heterocycles. The highest BCUT2D eigenvalue weighted by Crippen LogP contribution is 2.26. The van der Waals surface area contributed by atoms with Crippen molar-refractivity contribution in [1.82, 2.24) is 5.32 Å². The Kier molecular flexibility index (Phi) is 5.86. The predicted octanol–water partition coefficient (Wildman–Crippen LogP) is 4.89. The number of benzene rings is 2. The zero-order chi connectivity index (χ0) is 14.4. The van der Waals surface area contributed by atoms with Gasteiger partial charge >= 0.3 is 0 Å². The fourth-order valence-corrected chi connectivity index (χ4v) is 2.52. The first-order valence-corrected chi connectivity index (χ1v) is 8.00. The van der Waals surface area contributed by atoms with Crippen LogP contribution in [0.4, 0.5) is 0 Å². The van der Waals surface area contributed by atoms with Gasteiger partial charge in [-0.2, -0.15) is 0 Å². The smallest absolute Gasteiger partial charge is 0.130 e. The van der Waals surface area contributed by atoms with Gasteiger partial charge in [-0.25, -0.2) is 0 Å². The number of nitrogens with one attached hydrogen (secondary N) is 1. The van der Waals surface area contributed by atoms with Crippen LogP contribution in [-0.4, -0.2) is 6.54 Å². The number of halogens is 1. The Morgan fingerprint density at radius 3 is 2.70 bits per heavy atom. The van der Waals surface area contributed by atoms with Gasteiger partial charge in [0.15, 0.2) is 0 Å². The van der Waals surface area contributed by atoms with E-state index in [0.717, 1.165) is 31.0 Å². The van der Waals surface area contributed by atoms with Crippen LogP contribution < -0.4 is 10.1 Å². The van der Waals surface area contributed by atoms with Crippen molar-refractivity contribution in [3.63, 3.8) is 0 Å². The SMILES string of the molecule is CCCNCc1ccc(Oc2cccc(I)c2)c(C)c1. The molecule has 0 aromatic heterocycles. The van der Waals surface area contributed by atoms with Crippen molar-refractivity contribution in [3.8, 4) is 11.5 Å².